The number of nitrogens with one attached hydrogen (secondary N) is 1. The smallest absolute Gasteiger partial charge is 0.326 e. The number of carboxylic acids is 1. The van der Waals surface area contributed by atoms with Crippen molar-refractivity contribution in [3.05, 3.63) is 102 Å². The minimum Gasteiger partial charge on any atom is -0.480 e. The van der Waals surface area contributed by atoms with Crippen molar-refractivity contribution in [1.29, 1.82) is 0 Å². The molecule has 0 radical (unpaired) electrons. The minimum atomic E-state index is -0.957. The molecule has 6 heteroatoms. The predicted molar refractivity (Wildman–Crippen MR) is 155 cm³/mol. The highest BCUT2D eigenvalue weighted by Gasteiger charge is 2.35. The number of hydrogen-bond acceptors (Lipinski definition) is 2. The first-order valence-corrected chi connectivity index (χ1v) is 13.5. The summed E-state index contributed by atoms with van der Waals surface area (Å²) in [6, 6.07) is 23.9. The van der Waals surface area contributed by atoms with E-state index in [9.17, 15) is 19.1 Å². The molecular formula is C33H35FN2O3. The molecule has 0 saturated heterocycles. The van der Waals surface area contributed by atoms with Crippen LogP contribution in [0.1, 0.15) is 74.5 Å². The van der Waals surface area contributed by atoms with E-state index in [1.807, 2.05) is 79.1 Å². The molecule has 202 valence electrons. The number of amides is 1. The Morgan fingerprint density at radius 2 is 1.49 bits per heavy atom. The number of benzene rings is 3. The lowest BCUT2D eigenvalue weighted by molar-refractivity contribution is -0.141. The Labute approximate surface area is 229 Å². The Balaban J connectivity index is 2.09. The summed E-state index contributed by atoms with van der Waals surface area (Å²) in [5.74, 6) is -1.84. The van der Waals surface area contributed by atoms with E-state index >= 15 is 0 Å². The van der Waals surface area contributed by atoms with Crippen molar-refractivity contribution in [2.75, 3.05) is 5.32 Å². The maximum absolute atomic E-state index is 14.1. The Hall–Kier alpha value is -4.19. The van der Waals surface area contributed by atoms with Crippen LogP contribution in [0.15, 0.2) is 84.9 Å². The number of halogens is 1. The zero-order valence-corrected chi connectivity index (χ0v) is 22.7. The van der Waals surface area contributed by atoms with Crippen molar-refractivity contribution in [2.45, 2.75) is 58.4 Å². The summed E-state index contributed by atoms with van der Waals surface area (Å²) < 4.78 is 15.9. The van der Waals surface area contributed by atoms with Gasteiger partial charge >= 0.3 is 5.97 Å². The van der Waals surface area contributed by atoms with E-state index in [1.54, 1.807) is 12.1 Å². The highest BCUT2D eigenvalue weighted by molar-refractivity contribution is 6.12. The van der Waals surface area contributed by atoms with Gasteiger partial charge in [-0.3, -0.25) is 4.79 Å². The van der Waals surface area contributed by atoms with Gasteiger partial charge in [0.2, 0.25) is 0 Å². The third-order valence-corrected chi connectivity index (χ3v) is 6.91. The summed E-state index contributed by atoms with van der Waals surface area (Å²) in [6.45, 7) is 6.02. The quantitative estimate of drug-likeness (QED) is 0.192. The second-order valence-corrected chi connectivity index (χ2v) is 10.1. The lowest BCUT2D eigenvalue weighted by Gasteiger charge is -2.23. The molecule has 4 rings (SSSR count). The SMILES string of the molecule is CCCCCC(C(=O)O)n1c(-c2ccc(F)cc2)c(-c2ccccc2)c(C(=O)Nc2ccccc2)c1C(C)C. The number of unbranched alkanes of at least 4 members (excludes halogenated alkanes) is 2. The first kappa shape index (κ1) is 27.8. The Kier molecular flexibility index (Phi) is 8.97. The second-order valence-electron chi connectivity index (χ2n) is 10.1. The molecule has 0 fully saturated rings. The van der Waals surface area contributed by atoms with Crippen molar-refractivity contribution in [2.24, 2.45) is 0 Å². The van der Waals surface area contributed by atoms with Gasteiger partial charge in [-0.1, -0.05) is 88.6 Å². The van der Waals surface area contributed by atoms with Crippen LogP contribution in [0.3, 0.4) is 0 Å². The average Bonchev–Trinajstić information content (AvgIpc) is 3.28. The number of nitrogens with zero attached hydrogens (tertiary/aromatic N) is 1. The van der Waals surface area contributed by atoms with Crippen LogP contribution in [0.4, 0.5) is 10.1 Å². The molecule has 3 aromatic carbocycles. The first-order valence-electron chi connectivity index (χ1n) is 13.5. The van der Waals surface area contributed by atoms with Gasteiger partial charge in [0, 0.05) is 16.9 Å². The topological polar surface area (TPSA) is 71.3 Å². The zero-order valence-electron chi connectivity index (χ0n) is 22.7. The number of rotatable bonds is 11. The highest BCUT2D eigenvalue weighted by atomic mass is 19.1. The number of anilines is 1. The summed E-state index contributed by atoms with van der Waals surface area (Å²) >= 11 is 0. The average molecular weight is 527 g/mol. The van der Waals surface area contributed by atoms with Crippen LogP contribution in [0.5, 0.6) is 0 Å². The maximum Gasteiger partial charge on any atom is 0.326 e. The maximum atomic E-state index is 14.1. The fourth-order valence-electron chi connectivity index (χ4n) is 5.17. The van der Waals surface area contributed by atoms with E-state index in [2.05, 4.69) is 12.2 Å². The van der Waals surface area contributed by atoms with Crippen molar-refractivity contribution < 1.29 is 19.1 Å². The molecule has 0 aliphatic heterocycles. The summed E-state index contributed by atoms with van der Waals surface area (Å²) in [5.41, 5.74) is 4.40. The number of aromatic nitrogens is 1. The molecule has 0 saturated carbocycles. The van der Waals surface area contributed by atoms with Crippen molar-refractivity contribution in [3.8, 4) is 22.4 Å². The van der Waals surface area contributed by atoms with Gasteiger partial charge in [0.1, 0.15) is 11.9 Å². The molecule has 1 atom stereocenters. The number of carbonyl (C=O) groups is 2. The third-order valence-electron chi connectivity index (χ3n) is 6.91. The van der Waals surface area contributed by atoms with Gasteiger partial charge in [-0.2, -0.15) is 0 Å². The minimum absolute atomic E-state index is 0.175. The van der Waals surface area contributed by atoms with E-state index in [0.29, 0.717) is 40.2 Å². The number of aliphatic carboxylic acids is 1. The van der Waals surface area contributed by atoms with Crippen LogP contribution >= 0.6 is 0 Å². The largest absolute Gasteiger partial charge is 0.480 e. The fourth-order valence-corrected chi connectivity index (χ4v) is 5.17. The molecule has 0 aliphatic carbocycles. The number of hydrogen-bond donors (Lipinski definition) is 2. The van der Waals surface area contributed by atoms with Gasteiger partial charge < -0.3 is 15.0 Å². The van der Waals surface area contributed by atoms with Crippen LogP contribution < -0.4 is 5.32 Å². The van der Waals surface area contributed by atoms with E-state index in [1.165, 1.54) is 12.1 Å². The van der Waals surface area contributed by atoms with Crippen LogP contribution in [0.2, 0.25) is 0 Å². The fraction of sp³-hybridized carbons (Fsp3) is 0.273. The first-order chi connectivity index (χ1) is 18.8. The van der Waals surface area contributed by atoms with Crippen molar-refractivity contribution in [3.63, 3.8) is 0 Å². The van der Waals surface area contributed by atoms with Crippen LogP contribution in [0.25, 0.3) is 22.4 Å². The number of para-hydroxylation sites is 1. The molecule has 0 aliphatic rings. The van der Waals surface area contributed by atoms with E-state index in [4.69, 9.17) is 0 Å². The molecule has 1 amide bonds. The standard InChI is InChI=1S/C33H35FN2O3/c1-4-5-8-17-27(33(38)39)36-30(22(2)3)29(32(37)35-26-15-11-7-12-16-26)28(23-13-9-6-10-14-23)31(36)24-18-20-25(34)21-19-24/h6-7,9-16,18-22,27H,4-5,8,17H2,1-3H3,(H,35,37)(H,38,39). The molecule has 39 heavy (non-hydrogen) atoms. The summed E-state index contributed by atoms with van der Waals surface area (Å²) in [7, 11) is 0. The molecule has 1 heterocycles. The summed E-state index contributed by atoms with van der Waals surface area (Å²) in [5, 5.41) is 13.5. The normalized spacial score (nSPS) is 11.9. The van der Waals surface area contributed by atoms with Gasteiger partial charge in [-0.05, 0) is 59.9 Å². The molecule has 0 spiro atoms. The molecule has 5 nitrogen and oxygen atoms in total. The lowest BCUT2D eigenvalue weighted by atomic mass is 9.94. The van der Waals surface area contributed by atoms with Crippen LogP contribution in [0, 0.1) is 5.82 Å². The zero-order chi connectivity index (χ0) is 27.9. The van der Waals surface area contributed by atoms with E-state index in [-0.39, 0.29) is 17.6 Å². The Bertz CT molecular complexity index is 1410. The molecule has 1 aromatic heterocycles. The van der Waals surface area contributed by atoms with Gasteiger partial charge in [-0.15, -0.1) is 0 Å². The third kappa shape index (κ3) is 6.11. The second kappa shape index (κ2) is 12.6. The summed E-state index contributed by atoms with van der Waals surface area (Å²) in [4.78, 5) is 26.9. The van der Waals surface area contributed by atoms with Crippen LogP contribution in [-0.2, 0) is 4.79 Å². The Morgan fingerprint density at radius 3 is 2.05 bits per heavy atom. The van der Waals surface area contributed by atoms with E-state index in [0.717, 1.165) is 24.8 Å². The molecule has 4 aromatic rings. The van der Waals surface area contributed by atoms with Gasteiger partial charge in [0.15, 0.2) is 0 Å². The molecular weight excluding hydrogens is 491 g/mol. The molecule has 0 bridgehead atoms. The predicted octanol–water partition coefficient (Wildman–Crippen LogP) is 8.54. The van der Waals surface area contributed by atoms with Crippen molar-refractivity contribution >= 4 is 17.6 Å². The molecule has 2 N–H and O–H groups in total. The lowest BCUT2D eigenvalue weighted by Crippen LogP contribution is -2.24. The Morgan fingerprint density at radius 1 is 0.872 bits per heavy atom. The number of carboxylic acid groups (broad SMARTS) is 1. The molecule has 1 unspecified atom stereocenters. The van der Waals surface area contributed by atoms with Gasteiger partial charge in [0.05, 0.1) is 11.3 Å². The van der Waals surface area contributed by atoms with Gasteiger partial charge in [-0.25, -0.2) is 9.18 Å². The van der Waals surface area contributed by atoms with Crippen molar-refractivity contribution in [1.82, 2.24) is 4.57 Å². The number of carbonyl (C=O) groups excluding carboxylic acids is 1. The van der Waals surface area contributed by atoms with E-state index < -0.39 is 12.0 Å². The van der Waals surface area contributed by atoms with Gasteiger partial charge in [0.25, 0.3) is 5.91 Å². The summed E-state index contributed by atoms with van der Waals surface area (Å²) in [6.07, 6.45) is 3.01. The monoisotopic (exact) mass is 526 g/mol. The van der Waals surface area contributed by atoms with Crippen LogP contribution in [-0.4, -0.2) is 21.6 Å². The highest BCUT2D eigenvalue weighted by Crippen LogP contribution is 2.45.